The minimum absolute atomic E-state index is 0.0395. The third-order valence-electron chi connectivity index (χ3n) is 3.34. The lowest BCUT2D eigenvalue weighted by Crippen LogP contribution is -2.17. The highest BCUT2D eigenvalue weighted by Crippen LogP contribution is 2.28. The van der Waals surface area contributed by atoms with Crippen molar-refractivity contribution in [1.29, 1.82) is 0 Å². The monoisotopic (exact) mass is 232 g/mol. The number of nitrogens with zero attached hydrogens (tertiary/aromatic N) is 1. The van der Waals surface area contributed by atoms with Gasteiger partial charge >= 0.3 is 0 Å². The van der Waals surface area contributed by atoms with Crippen LogP contribution in [-0.4, -0.2) is 30.7 Å². The van der Waals surface area contributed by atoms with Crippen molar-refractivity contribution in [3.8, 4) is 5.75 Å². The van der Waals surface area contributed by atoms with Crippen molar-refractivity contribution < 1.29 is 9.84 Å². The number of hydrogen-bond acceptors (Lipinski definition) is 4. The number of phenolic OH excluding ortho intramolecular Hbond substituents is 1. The van der Waals surface area contributed by atoms with Crippen molar-refractivity contribution in [2.75, 3.05) is 19.7 Å². The number of benzene rings is 1. The van der Waals surface area contributed by atoms with E-state index < -0.39 is 0 Å². The SMILES string of the molecule is Oc1cccc(C2COC(C3CCNC3)=N2)c1. The van der Waals surface area contributed by atoms with E-state index in [9.17, 15) is 5.11 Å². The maximum atomic E-state index is 9.45. The van der Waals surface area contributed by atoms with Gasteiger partial charge in [0.05, 0.1) is 0 Å². The molecule has 0 bridgehead atoms. The van der Waals surface area contributed by atoms with E-state index in [-0.39, 0.29) is 11.8 Å². The number of aliphatic imine (C=N–C) groups is 1. The number of hydrogen-bond donors (Lipinski definition) is 2. The van der Waals surface area contributed by atoms with Crippen LogP contribution in [0, 0.1) is 5.92 Å². The summed E-state index contributed by atoms with van der Waals surface area (Å²) in [5, 5.41) is 12.8. The number of ether oxygens (including phenoxy) is 1. The molecule has 90 valence electrons. The van der Waals surface area contributed by atoms with Crippen molar-refractivity contribution in [3.05, 3.63) is 29.8 Å². The first-order chi connectivity index (χ1) is 8.33. The summed E-state index contributed by atoms with van der Waals surface area (Å²) in [6.07, 6.45) is 1.10. The Hall–Kier alpha value is -1.55. The molecule has 0 saturated carbocycles. The van der Waals surface area contributed by atoms with Gasteiger partial charge in [-0.25, -0.2) is 4.99 Å². The molecule has 0 radical (unpaired) electrons. The Morgan fingerprint density at radius 3 is 3.12 bits per heavy atom. The number of phenols is 1. The third-order valence-corrected chi connectivity index (χ3v) is 3.34. The zero-order valence-corrected chi connectivity index (χ0v) is 9.60. The highest BCUT2D eigenvalue weighted by molar-refractivity contribution is 5.81. The summed E-state index contributed by atoms with van der Waals surface area (Å²) in [5.74, 6) is 1.59. The molecule has 1 saturated heterocycles. The van der Waals surface area contributed by atoms with Gasteiger partial charge in [0.15, 0.2) is 5.90 Å². The van der Waals surface area contributed by atoms with Crippen LogP contribution in [0.5, 0.6) is 5.75 Å². The molecule has 1 aromatic rings. The second-order valence-corrected chi connectivity index (χ2v) is 4.58. The standard InChI is InChI=1S/C13H16N2O2/c16-11-3-1-2-9(6-11)12-8-17-13(15-12)10-4-5-14-7-10/h1-3,6,10,12,14,16H,4-5,7-8H2. The first kappa shape index (κ1) is 10.6. The van der Waals surface area contributed by atoms with Gasteiger partial charge in [0, 0.05) is 12.5 Å². The largest absolute Gasteiger partial charge is 0.508 e. The lowest BCUT2D eigenvalue weighted by atomic mass is 10.1. The minimum Gasteiger partial charge on any atom is -0.508 e. The molecule has 2 N–H and O–H groups in total. The van der Waals surface area contributed by atoms with Gasteiger partial charge < -0.3 is 15.2 Å². The molecular weight excluding hydrogens is 216 g/mol. The second-order valence-electron chi connectivity index (χ2n) is 4.58. The summed E-state index contributed by atoms with van der Waals surface area (Å²) in [7, 11) is 0. The van der Waals surface area contributed by atoms with Gasteiger partial charge in [-0.2, -0.15) is 0 Å². The van der Waals surface area contributed by atoms with Crippen LogP contribution in [-0.2, 0) is 4.74 Å². The van der Waals surface area contributed by atoms with Crippen LogP contribution < -0.4 is 5.32 Å². The van der Waals surface area contributed by atoms with Gasteiger partial charge in [-0.05, 0) is 30.7 Å². The van der Waals surface area contributed by atoms with Gasteiger partial charge in [-0.15, -0.1) is 0 Å². The minimum atomic E-state index is 0.0395. The number of rotatable bonds is 2. The van der Waals surface area contributed by atoms with Crippen molar-refractivity contribution in [2.24, 2.45) is 10.9 Å². The van der Waals surface area contributed by atoms with E-state index in [0.717, 1.165) is 31.0 Å². The molecule has 2 aliphatic heterocycles. The Morgan fingerprint density at radius 2 is 2.35 bits per heavy atom. The first-order valence-corrected chi connectivity index (χ1v) is 6.03. The van der Waals surface area contributed by atoms with Gasteiger partial charge in [-0.1, -0.05) is 12.1 Å². The quantitative estimate of drug-likeness (QED) is 0.812. The molecule has 0 spiro atoms. The van der Waals surface area contributed by atoms with Crippen molar-refractivity contribution in [2.45, 2.75) is 12.5 Å². The van der Waals surface area contributed by atoms with Crippen LogP contribution in [0.1, 0.15) is 18.0 Å². The van der Waals surface area contributed by atoms with Gasteiger partial charge in [0.1, 0.15) is 18.4 Å². The molecular formula is C13H16N2O2. The van der Waals surface area contributed by atoms with Crippen LogP contribution in [0.3, 0.4) is 0 Å². The van der Waals surface area contributed by atoms with E-state index in [0.29, 0.717) is 12.5 Å². The lowest BCUT2D eigenvalue weighted by molar-refractivity contribution is 0.301. The molecule has 2 aliphatic rings. The fourth-order valence-electron chi connectivity index (χ4n) is 2.38. The molecule has 4 nitrogen and oxygen atoms in total. The smallest absolute Gasteiger partial charge is 0.188 e. The Bertz CT molecular complexity index is 439. The summed E-state index contributed by atoms with van der Waals surface area (Å²) in [6.45, 7) is 2.60. The van der Waals surface area contributed by atoms with Crippen molar-refractivity contribution in [3.63, 3.8) is 0 Å². The van der Waals surface area contributed by atoms with E-state index >= 15 is 0 Å². The zero-order valence-electron chi connectivity index (χ0n) is 9.60. The van der Waals surface area contributed by atoms with Crippen LogP contribution >= 0.6 is 0 Å². The maximum Gasteiger partial charge on any atom is 0.188 e. The van der Waals surface area contributed by atoms with Crippen molar-refractivity contribution >= 4 is 5.90 Å². The van der Waals surface area contributed by atoms with Gasteiger partial charge in [-0.3, -0.25) is 0 Å². The van der Waals surface area contributed by atoms with Crippen LogP contribution in [0.15, 0.2) is 29.3 Å². The van der Waals surface area contributed by atoms with E-state index in [2.05, 4.69) is 10.3 Å². The Balaban J connectivity index is 1.78. The molecule has 1 aromatic carbocycles. The average Bonchev–Trinajstić information content (AvgIpc) is 3.00. The first-order valence-electron chi connectivity index (χ1n) is 6.03. The van der Waals surface area contributed by atoms with Crippen LogP contribution in [0.2, 0.25) is 0 Å². The van der Waals surface area contributed by atoms with Gasteiger partial charge in [0.2, 0.25) is 0 Å². The fraction of sp³-hybridized carbons (Fsp3) is 0.462. The topological polar surface area (TPSA) is 53.9 Å². The molecule has 17 heavy (non-hydrogen) atoms. The molecule has 2 heterocycles. The number of nitrogens with one attached hydrogen (secondary N) is 1. The second kappa shape index (κ2) is 4.37. The molecule has 1 fully saturated rings. The van der Waals surface area contributed by atoms with Crippen LogP contribution in [0.4, 0.5) is 0 Å². The summed E-state index contributed by atoms with van der Waals surface area (Å²) in [6, 6.07) is 7.29. The molecule has 0 amide bonds. The van der Waals surface area contributed by atoms with Crippen LogP contribution in [0.25, 0.3) is 0 Å². The molecule has 4 heteroatoms. The Labute approximate surface area is 100 Å². The Kier molecular flexibility index (Phi) is 2.73. The van der Waals surface area contributed by atoms with E-state index in [1.165, 1.54) is 0 Å². The maximum absolute atomic E-state index is 9.45. The van der Waals surface area contributed by atoms with E-state index in [1.54, 1.807) is 12.1 Å². The normalized spacial score (nSPS) is 27.9. The lowest BCUT2D eigenvalue weighted by Gasteiger charge is -2.06. The molecule has 2 atom stereocenters. The third kappa shape index (κ3) is 2.13. The molecule has 0 aromatic heterocycles. The predicted octanol–water partition coefficient (Wildman–Crippen LogP) is 1.47. The fourth-order valence-corrected chi connectivity index (χ4v) is 2.38. The van der Waals surface area contributed by atoms with Gasteiger partial charge in [0.25, 0.3) is 0 Å². The molecule has 0 aliphatic carbocycles. The average molecular weight is 232 g/mol. The van der Waals surface area contributed by atoms with E-state index in [4.69, 9.17) is 4.74 Å². The predicted molar refractivity (Wildman–Crippen MR) is 65.2 cm³/mol. The molecule has 2 unspecified atom stereocenters. The summed E-state index contributed by atoms with van der Waals surface area (Å²) in [5.41, 5.74) is 1.02. The molecule has 3 rings (SSSR count). The highest BCUT2D eigenvalue weighted by atomic mass is 16.5. The highest BCUT2D eigenvalue weighted by Gasteiger charge is 2.28. The van der Waals surface area contributed by atoms with E-state index in [1.807, 2.05) is 12.1 Å². The summed E-state index contributed by atoms with van der Waals surface area (Å²) >= 11 is 0. The van der Waals surface area contributed by atoms with Crippen molar-refractivity contribution in [1.82, 2.24) is 5.32 Å². The zero-order chi connectivity index (χ0) is 11.7. The number of aromatic hydroxyl groups is 1. The summed E-state index contributed by atoms with van der Waals surface area (Å²) in [4.78, 5) is 4.62. The Morgan fingerprint density at radius 1 is 1.41 bits per heavy atom. The summed E-state index contributed by atoms with van der Waals surface area (Å²) < 4.78 is 5.67.